The van der Waals surface area contributed by atoms with E-state index in [2.05, 4.69) is 0 Å². The molecule has 0 bridgehead atoms. The zero-order valence-corrected chi connectivity index (χ0v) is 8.61. The lowest BCUT2D eigenvalue weighted by Gasteiger charge is -1.96. The molecule has 0 aliphatic heterocycles. The average Bonchev–Trinajstić information content (AvgIpc) is 1.87. The summed E-state index contributed by atoms with van der Waals surface area (Å²) in [4.78, 5) is 0. The highest BCUT2D eigenvalue weighted by Crippen LogP contribution is 2.10. The first-order valence-electron chi connectivity index (χ1n) is 2.34. The fraction of sp³-hybridized carbons (Fsp3) is 0.600. The van der Waals surface area contributed by atoms with Gasteiger partial charge in [0.1, 0.15) is 0 Å². The Balaban J connectivity index is 3.47. The van der Waals surface area contributed by atoms with Gasteiger partial charge < -0.3 is 0 Å². The Hall–Kier alpha value is 0.880. The molecule has 0 saturated carbocycles. The Morgan fingerprint density at radius 1 is 1.11 bits per heavy atom. The van der Waals surface area contributed by atoms with E-state index < -0.39 is 0 Å². The van der Waals surface area contributed by atoms with Crippen molar-refractivity contribution in [2.45, 2.75) is 6.42 Å². The first kappa shape index (κ1) is 9.88. The normalized spacial score (nSPS) is 9.11. The third-order valence-electron chi connectivity index (χ3n) is 0.744. The SMILES string of the molecule is CSC(=S)CC(=S)SC. The van der Waals surface area contributed by atoms with Crippen molar-refractivity contribution in [1.29, 1.82) is 0 Å². The molecule has 0 aromatic rings. The molecule has 0 amide bonds. The van der Waals surface area contributed by atoms with E-state index >= 15 is 0 Å². The van der Waals surface area contributed by atoms with Crippen LogP contribution in [0, 0.1) is 0 Å². The van der Waals surface area contributed by atoms with Gasteiger partial charge in [-0.2, -0.15) is 0 Å². The van der Waals surface area contributed by atoms with Crippen molar-refractivity contribution < 1.29 is 0 Å². The topological polar surface area (TPSA) is 0 Å². The Morgan fingerprint density at radius 2 is 1.44 bits per heavy atom. The van der Waals surface area contributed by atoms with Gasteiger partial charge in [-0.1, -0.05) is 24.4 Å². The molecule has 0 aliphatic carbocycles. The van der Waals surface area contributed by atoms with Crippen molar-refractivity contribution in [2.24, 2.45) is 0 Å². The van der Waals surface area contributed by atoms with Gasteiger partial charge >= 0.3 is 0 Å². The van der Waals surface area contributed by atoms with Crippen LogP contribution in [0.5, 0.6) is 0 Å². The zero-order valence-electron chi connectivity index (χ0n) is 5.34. The zero-order chi connectivity index (χ0) is 7.28. The molecule has 0 saturated heterocycles. The Kier molecular flexibility index (Phi) is 6.20. The standard InChI is InChI=1S/C5H8S4/c1-8-4(6)3-5(7)9-2/h3H2,1-2H3. The van der Waals surface area contributed by atoms with Gasteiger partial charge in [-0.3, -0.25) is 0 Å². The molecule has 4 heteroatoms. The second-order valence-electron chi connectivity index (χ2n) is 1.33. The van der Waals surface area contributed by atoms with Crippen LogP contribution < -0.4 is 0 Å². The number of hydrogen-bond donors (Lipinski definition) is 0. The smallest absolute Gasteiger partial charge is 0.0533 e. The molecule has 0 unspecified atom stereocenters. The molecule has 0 aromatic heterocycles. The van der Waals surface area contributed by atoms with Crippen molar-refractivity contribution in [3.63, 3.8) is 0 Å². The first-order chi connectivity index (χ1) is 4.20. The Bertz CT molecular complexity index is 104. The molecule has 0 fully saturated rings. The maximum atomic E-state index is 4.96. The number of thiocarbonyl (C=S) groups is 2. The lowest BCUT2D eigenvalue weighted by Crippen LogP contribution is -1.93. The van der Waals surface area contributed by atoms with E-state index in [1.54, 1.807) is 23.5 Å². The van der Waals surface area contributed by atoms with Crippen LogP contribution >= 0.6 is 48.0 Å². The van der Waals surface area contributed by atoms with Crippen LogP contribution in [0.3, 0.4) is 0 Å². The van der Waals surface area contributed by atoms with Crippen LogP contribution in [0.25, 0.3) is 0 Å². The van der Waals surface area contributed by atoms with Gasteiger partial charge in [0, 0.05) is 6.42 Å². The van der Waals surface area contributed by atoms with Crippen LogP contribution in [-0.2, 0) is 0 Å². The van der Waals surface area contributed by atoms with Crippen molar-refractivity contribution in [3.05, 3.63) is 0 Å². The molecule has 52 valence electrons. The van der Waals surface area contributed by atoms with Crippen molar-refractivity contribution >= 4 is 56.4 Å². The second kappa shape index (κ2) is 5.65. The maximum Gasteiger partial charge on any atom is 0.0533 e. The summed E-state index contributed by atoms with van der Waals surface area (Å²) in [5.41, 5.74) is 0. The molecule has 0 heterocycles. The summed E-state index contributed by atoms with van der Waals surface area (Å²) in [5.74, 6) is 0. The van der Waals surface area contributed by atoms with E-state index in [0.717, 1.165) is 14.8 Å². The number of hydrogen-bond acceptors (Lipinski definition) is 4. The average molecular weight is 196 g/mol. The third-order valence-corrected chi connectivity index (χ3v) is 3.23. The molecule has 0 rings (SSSR count). The van der Waals surface area contributed by atoms with Gasteiger partial charge in [0.2, 0.25) is 0 Å². The molecule has 0 radical (unpaired) electrons. The number of thioether (sulfide) groups is 2. The Labute approximate surface area is 75.2 Å². The summed E-state index contributed by atoms with van der Waals surface area (Å²) in [7, 11) is 0. The van der Waals surface area contributed by atoms with E-state index in [0.29, 0.717) is 0 Å². The van der Waals surface area contributed by atoms with E-state index in [-0.39, 0.29) is 0 Å². The molecule has 0 nitrogen and oxygen atoms in total. The predicted octanol–water partition coefficient (Wildman–Crippen LogP) is 2.76. The van der Waals surface area contributed by atoms with E-state index in [9.17, 15) is 0 Å². The van der Waals surface area contributed by atoms with E-state index in [1.165, 1.54) is 0 Å². The predicted molar refractivity (Wildman–Crippen MR) is 56.8 cm³/mol. The summed E-state index contributed by atoms with van der Waals surface area (Å²) in [6.45, 7) is 0. The van der Waals surface area contributed by atoms with Crippen LogP contribution in [0.2, 0.25) is 0 Å². The van der Waals surface area contributed by atoms with Crippen LogP contribution in [-0.4, -0.2) is 20.9 Å². The van der Waals surface area contributed by atoms with Crippen molar-refractivity contribution in [2.75, 3.05) is 12.5 Å². The summed E-state index contributed by atoms with van der Waals surface area (Å²) in [6.07, 6.45) is 4.75. The summed E-state index contributed by atoms with van der Waals surface area (Å²) >= 11 is 13.1. The van der Waals surface area contributed by atoms with Crippen LogP contribution in [0.15, 0.2) is 0 Å². The highest BCUT2D eigenvalue weighted by atomic mass is 32.2. The summed E-state index contributed by atoms with van der Waals surface area (Å²) < 4.78 is 1.96. The monoisotopic (exact) mass is 196 g/mol. The first-order valence-corrected chi connectivity index (χ1v) is 5.61. The maximum absolute atomic E-state index is 4.96. The van der Waals surface area contributed by atoms with Gasteiger partial charge in [0.15, 0.2) is 0 Å². The third kappa shape index (κ3) is 5.33. The summed E-state index contributed by atoms with van der Waals surface area (Å²) in [5, 5.41) is 0. The fourth-order valence-electron chi connectivity index (χ4n) is 0.262. The molecule has 9 heavy (non-hydrogen) atoms. The van der Waals surface area contributed by atoms with Gasteiger partial charge in [-0.05, 0) is 12.5 Å². The van der Waals surface area contributed by atoms with Gasteiger partial charge in [-0.15, -0.1) is 23.5 Å². The molecule has 0 aromatic carbocycles. The fourth-order valence-corrected chi connectivity index (χ4v) is 1.49. The van der Waals surface area contributed by atoms with Crippen molar-refractivity contribution in [1.82, 2.24) is 0 Å². The Morgan fingerprint density at radius 3 is 1.67 bits per heavy atom. The second-order valence-corrected chi connectivity index (χ2v) is 4.63. The molecule has 0 atom stereocenters. The van der Waals surface area contributed by atoms with E-state index in [1.807, 2.05) is 12.5 Å². The van der Waals surface area contributed by atoms with Crippen molar-refractivity contribution in [3.8, 4) is 0 Å². The largest absolute Gasteiger partial charge is 0.122 e. The minimum absolute atomic E-state index is 0.799. The molecular weight excluding hydrogens is 188 g/mol. The highest BCUT2D eigenvalue weighted by molar-refractivity contribution is 8.25. The van der Waals surface area contributed by atoms with Gasteiger partial charge in [-0.25, -0.2) is 0 Å². The molecule has 0 aliphatic rings. The minimum Gasteiger partial charge on any atom is -0.122 e. The summed E-state index contributed by atoms with van der Waals surface area (Å²) in [6, 6.07) is 0. The lowest BCUT2D eigenvalue weighted by atomic mass is 10.6. The molecular formula is C5H8S4. The highest BCUT2D eigenvalue weighted by Gasteiger charge is 1.97. The quantitative estimate of drug-likeness (QED) is 0.623. The van der Waals surface area contributed by atoms with Gasteiger partial charge in [0.25, 0.3) is 0 Å². The molecule has 0 N–H and O–H groups in total. The van der Waals surface area contributed by atoms with Crippen LogP contribution in [0.4, 0.5) is 0 Å². The van der Waals surface area contributed by atoms with E-state index in [4.69, 9.17) is 24.4 Å². The number of rotatable bonds is 2. The van der Waals surface area contributed by atoms with Gasteiger partial charge in [0.05, 0.1) is 8.39 Å². The lowest BCUT2D eigenvalue weighted by molar-refractivity contribution is 1.81. The molecule has 0 spiro atoms. The minimum atomic E-state index is 0.799. The van der Waals surface area contributed by atoms with Crippen LogP contribution in [0.1, 0.15) is 6.42 Å².